The molecule has 1 aromatic heterocycles. The van der Waals surface area contributed by atoms with Gasteiger partial charge in [-0.3, -0.25) is 0 Å². The van der Waals surface area contributed by atoms with Gasteiger partial charge in [0.05, 0.1) is 25.0 Å². The molecule has 0 aliphatic carbocycles. The minimum absolute atomic E-state index is 0.172. The van der Waals surface area contributed by atoms with E-state index in [-0.39, 0.29) is 17.8 Å². The van der Waals surface area contributed by atoms with Crippen molar-refractivity contribution in [2.45, 2.75) is 19.5 Å². The van der Waals surface area contributed by atoms with Crippen LogP contribution in [0.2, 0.25) is 0 Å². The summed E-state index contributed by atoms with van der Waals surface area (Å²) >= 11 is 0. The standard InChI is InChI=1S/C20H21FN4O2/c1-14(16-8-9-19(27-2)18(21)10-16)24-20(26)22-11-15-12-23-25(13-15)17-6-4-3-5-7-17/h3-10,12-14H,11H2,1-2H3,(H2,22,24,26)/t14-/m1/s1. The molecule has 2 aromatic carbocycles. The minimum Gasteiger partial charge on any atom is -0.494 e. The van der Waals surface area contributed by atoms with E-state index in [2.05, 4.69) is 15.7 Å². The lowest BCUT2D eigenvalue weighted by Gasteiger charge is -2.15. The maximum atomic E-state index is 13.8. The van der Waals surface area contributed by atoms with Crippen LogP contribution in [0.4, 0.5) is 9.18 Å². The van der Waals surface area contributed by atoms with Crippen LogP contribution >= 0.6 is 0 Å². The fraction of sp³-hybridized carbons (Fsp3) is 0.200. The Labute approximate surface area is 157 Å². The van der Waals surface area contributed by atoms with Gasteiger partial charge in [0, 0.05) is 18.3 Å². The molecule has 7 heteroatoms. The van der Waals surface area contributed by atoms with Crippen molar-refractivity contribution in [2.75, 3.05) is 7.11 Å². The number of aromatic nitrogens is 2. The predicted molar refractivity (Wildman–Crippen MR) is 100 cm³/mol. The fourth-order valence-corrected chi connectivity index (χ4v) is 2.64. The van der Waals surface area contributed by atoms with Gasteiger partial charge in [-0.15, -0.1) is 0 Å². The number of rotatable bonds is 6. The second-order valence-corrected chi connectivity index (χ2v) is 6.07. The monoisotopic (exact) mass is 368 g/mol. The average molecular weight is 368 g/mol. The third-order valence-electron chi connectivity index (χ3n) is 4.13. The zero-order valence-corrected chi connectivity index (χ0v) is 15.1. The molecule has 1 atom stereocenters. The lowest BCUT2D eigenvalue weighted by atomic mass is 10.1. The number of carbonyl (C=O) groups excluding carboxylic acids is 1. The van der Waals surface area contributed by atoms with Gasteiger partial charge in [-0.1, -0.05) is 24.3 Å². The van der Waals surface area contributed by atoms with E-state index in [4.69, 9.17) is 4.74 Å². The van der Waals surface area contributed by atoms with Crippen molar-refractivity contribution in [3.05, 3.63) is 77.9 Å². The van der Waals surface area contributed by atoms with E-state index in [0.29, 0.717) is 12.1 Å². The Kier molecular flexibility index (Phi) is 5.71. The summed E-state index contributed by atoms with van der Waals surface area (Å²) in [5.41, 5.74) is 2.47. The normalized spacial score (nSPS) is 11.7. The summed E-state index contributed by atoms with van der Waals surface area (Å²) in [4.78, 5) is 12.1. The van der Waals surface area contributed by atoms with Crippen molar-refractivity contribution in [1.29, 1.82) is 0 Å². The van der Waals surface area contributed by atoms with Crippen LogP contribution in [0.3, 0.4) is 0 Å². The fourth-order valence-electron chi connectivity index (χ4n) is 2.64. The first-order chi connectivity index (χ1) is 13.1. The molecule has 0 radical (unpaired) electrons. The zero-order valence-electron chi connectivity index (χ0n) is 15.1. The Bertz CT molecular complexity index is 911. The summed E-state index contributed by atoms with van der Waals surface area (Å²) in [5, 5.41) is 9.85. The number of hydrogen-bond donors (Lipinski definition) is 2. The van der Waals surface area contributed by atoms with E-state index in [1.807, 2.05) is 36.5 Å². The highest BCUT2D eigenvalue weighted by Gasteiger charge is 2.12. The lowest BCUT2D eigenvalue weighted by molar-refractivity contribution is 0.237. The van der Waals surface area contributed by atoms with Crippen LogP contribution in [0.1, 0.15) is 24.1 Å². The van der Waals surface area contributed by atoms with E-state index < -0.39 is 5.82 Å². The van der Waals surface area contributed by atoms with Gasteiger partial charge in [-0.2, -0.15) is 5.10 Å². The summed E-state index contributed by atoms with van der Waals surface area (Å²) in [6, 6.07) is 13.6. The molecule has 3 rings (SSSR count). The molecule has 0 aliphatic heterocycles. The van der Waals surface area contributed by atoms with Crippen LogP contribution in [-0.2, 0) is 6.54 Å². The van der Waals surface area contributed by atoms with Gasteiger partial charge in [0.15, 0.2) is 11.6 Å². The first-order valence-electron chi connectivity index (χ1n) is 8.53. The minimum atomic E-state index is -0.461. The summed E-state index contributed by atoms with van der Waals surface area (Å²) < 4.78 is 20.4. The Morgan fingerprint density at radius 3 is 2.74 bits per heavy atom. The molecule has 2 N–H and O–H groups in total. The van der Waals surface area contributed by atoms with E-state index >= 15 is 0 Å². The van der Waals surface area contributed by atoms with Crippen molar-refractivity contribution in [3.8, 4) is 11.4 Å². The first kappa shape index (κ1) is 18.4. The molecule has 6 nitrogen and oxygen atoms in total. The molecule has 2 amide bonds. The van der Waals surface area contributed by atoms with Gasteiger partial charge in [0.25, 0.3) is 0 Å². The number of nitrogens with zero attached hydrogens (tertiary/aromatic N) is 2. The van der Waals surface area contributed by atoms with Gasteiger partial charge in [0.1, 0.15) is 0 Å². The molecule has 27 heavy (non-hydrogen) atoms. The molecular weight excluding hydrogens is 347 g/mol. The Morgan fingerprint density at radius 1 is 1.26 bits per heavy atom. The third kappa shape index (κ3) is 4.63. The summed E-state index contributed by atoms with van der Waals surface area (Å²) in [6.07, 6.45) is 3.56. The van der Waals surface area contributed by atoms with E-state index in [0.717, 1.165) is 11.3 Å². The largest absolute Gasteiger partial charge is 0.494 e. The van der Waals surface area contributed by atoms with Crippen LogP contribution in [0.25, 0.3) is 5.69 Å². The summed E-state index contributed by atoms with van der Waals surface area (Å²) in [6.45, 7) is 2.12. The molecule has 3 aromatic rings. The van der Waals surface area contributed by atoms with Crippen molar-refractivity contribution in [1.82, 2.24) is 20.4 Å². The number of amides is 2. The van der Waals surface area contributed by atoms with Gasteiger partial charge >= 0.3 is 6.03 Å². The topological polar surface area (TPSA) is 68.2 Å². The highest BCUT2D eigenvalue weighted by atomic mass is 19.1. The number of nitrogens with one attached hydrogen (secondary N) is 2. The van der Waals surface area contributed by atoms with E-state index in [9.17, 15) is 9.18 Å². The van der Waals surface area contributed by atoms with Crippen LogP contribution < -0.4 is 15.4 Å². The van der Waals surface area contributed by atoms with Gasteiger partial charge < -0.3 is 15.4 Å². The Hall–Kier alpha value is -3.35. The molecule has 0 saturated carbocycles. The second-order valence-electron chi connectivity index (χ2n) is 6.07. The van der Waals surface area contributed by atoms with Gasteiger partial charge in [0.2, 0.25) is 0 Å². The Morgan fingerprint density at radius 2 is 2.04 bits per heavy atom. The molecule has 0 spiro atoms. The Balaban J connectivity index is 1.54. The highest BCUT2D eigenvalue weighted by molar-refractivity contribution is 5.74. The smallest absolute Gasteiger partial charge is 0.315 e. The maximum Gasteiger partial charge on any atom is 0.315 e. The molecular formula is C20H21FN4O2. The quantitative estimate of drug-likeness (QED) is 0.699. The van der Waals surface area contributed by atoms with Crippen molar-refractivity contribution in [3.63, 3.8) is 0 Å². The van der Waals surface area contributed by atoms with Crippen LogP contribution in [-0.4, -0.2) is 22.9 Å². The lowest BCUT2D eigenvalue weighted by Crippen LogP contribution is -2.36. The number of para-hydroxylation sites is 1. The van der Waals surface area contributed by atoms with Gasteiger partial charge in [-0.05, 0) is 36.8 Å². The second kappa shape index (κ2) is 8.35. The maximum absolute atomic E-state index is 13.8. The highest BCUT2D eigenvalue weighted by Crippen LogP contribution is 2.21. The van der Waals surface area contributed by atoms with E-state index in [1.54, 1.807) is 29.9 Å². The molecule has 0 bridgehead atoms. The van der Waals surface area contributed by atoms with Crippen molar-refractivity contribution >= 4 is 6.03 Å². The van der Waals surface area contributed by atoms with Crippen LogP contribution in [0.5, 0.6) is 5.75 Å². The van der Waals surface area contributed by atoms with Crippen molar-refractivity contribution in [2.24, 2.45) is 0 Å². The van der Waals surface area contributed by atoms with Gasteiger partial charge in [-0.25, -0.2) is 13.9 Å². The molecule has 0 aliphatic rings. The zero-order chi connectivity index (χ0) is 19.2. The number of carbonyl (C=O) groups is 1. The average Bonchev–Trinajstić information content (AvgIpc) is 3.16. The van der Waals surface area contributed by atoms with E-state index in [1.165, 1.54) is 13.2 Å². The first-order valence-corrected chi connectivity index (χ1v) is 8.53. The number of urea groups is 1. The number of methoxy groups -OCH3 is 1. The van der Waals surface area contributed by atoms with Crippen molar-refractivity contribution < 1.29 is 13.9 Å². The summed E-state index contributed by atoms with van der Waals surface area (Å²) in [5.74, 6) is -0.289. The third-order valence-corrected chi connectivity index (χ3v) is 4.13. The molecule has 0 fully saturated rings. The molecule has 140 valence electrons. The summed E-state index contributed by atoms with van der Waals surface area (Å²) in [7, 11) is 1.41. The number of hydrogen-bond acceptors (Lipinski definition) is 3. The predicted octanol–water partition coefficient (Wildman–Crippen LogP) is 3.58. The number of ether oxygens (including phenoxy) is 1. The van der Waals surface area contributed by atoms with Crippen LogP contribution in [0.15, 0.2) is 60.9 Å². The molecule has 1 heterocycles. The molecule has 0 unspecified atom stereocenters. The SMILES string of the molecule is COc1ccc([C@@H](C)NC(=O)NCc2cnn(-c3ccccc3)c2)cc1F. The number of benzene rings is 2. The molecule has 0 saturated heterocycles. The number of halogens is 1. The van der Waals surface area contributed by atoms with Crippen LogP contribution in [0, 0.1) is 5.82 Å².